The minimum atomic E-state index is -0.0893. The summed E-state index contributed by atoms with van der Waals surface area (Å²) in [7, 11) is 0. The molecule has 1 spiro atoms. The average molecular weight is 165 g/mol. The van der Waals surface area contributed by atoms with Crippen molar-refractivity contribution in [3.8, 4) is 6.07 Å². The average Bonchev–Trinajstić information content (AvgIpc) is 2.72. The van der Waals surface area contributed by atoms with Gasteiger partial charge >= 0.3 is 0 Å². The molecule has 1 saturated heterocycles. The normalized spacial score (nSPS) is 35.9. The monoisotopic (exact) mass is 165 g/mol. The summed E-state index contributed by atoms with van der Waals surface area (Å²) in [6.45, 7) is 4.59. The maximum Gasteiger partial charge on any atom is 0.173 e. The molecule has 0 N–H and O–H groups in total. The number of nitriles is 1. The van der Waals surface area contributed by atoms with E-state index in [1.54, 1.807) is 0 Å². The van der Waals surface area contributed by atoms with Crippen molar-refractivity contribution in [3.63, 3.8) is 0 Å². The van der Waals surface area contributed by atoms with Crippen molar-refractivity contribution < 1.29 is 4.74 Å². The first-order chi connectivity index (χ1) is 5.58. The molecule has 2 aliphatic rings. The van der Waals surface area contributed by atoms with Crippen molar-refractivity contribution in [1.82, 2.24) is 0 Å². The number of hydrogen-bond donors (Lipinski definition) is 0. The highest BCUT2D eigenvalue weighted by atomic mass is 16.6. The topological polar surface area (TPSA) is 36.3 Å². The second-order valence-corrected chi connectivity index (χ2v) is 4.86. The van der Waals surface area contributed by atoms with Crippen molar-refractivity contribution in [1.29, 1.82) is 5.26 Å². The Kier molecular flexibility index (Phi) is 1.50. The van der Waals surface area contributed by atoms with Gasteiger partial charge in [0.1, 0.15) is 5.60 Å². The zero-order valence-corrected chi connectivity index (χ0v) is 7.76. The molecule has 1 aliphatic carbocycles. The molecule has 1 aliphatic heterocycles. The van der Waals surface area contributed by atoms with Crippen LogP contribution in [-0.4, -0.2) is 11.7 Å². The Morgan fingerprint density at radius 2 is 1.83 bits per heavy atom. The number of epoxide rings is 1. The molecule has 0 radical (unpaired) electrons. The lowest BCUT2D eigenvalue weighted by atomic mass is 9.72. The van der Waals surface area contributed by atoms with Crippen LogP contribution in [0.5, 0.6) is 0 Å². The minimum Gasteiger partial charge on any atom is -0.350 e. The van der Waals surface area contributed by atoms with Crippen molar-refractivity contribution in [2.75, 3.05) is 0 Å². The van der Waals surface area contributed by atoms with E-state index in [4.69, 9.17) is 10.00 Å². The number of nitrogens with zero attached hydrogens (tertiary/aromatic N) is 1. The number of ether oxygens (including phenoxy) is 1. The van der Waals surface area contributed by atoms with Gasteiger partial charge < -0.3 is 4.74 Å². The molecule has 0 bridgehead atoms. The van der Waals surface area contributed by atoms with E-state index < -0.39 is 0 Å². The van der Waals surface area contributed by atoms with Crippen LogP contribution in [0.2, 0.25) is 0 Å². The van der Waals surface area contributed by atoms with Crippen LogP contribution in [0, 0.1) is 16.7 Å². The van der Waals surface area contributed by atoms with E-state index in [-0.39, 0.29) is 11.7 Å². The van der Waals surface area contributed by atoms with Crippen LogP contribution in [0.1, 0.15) is 39.5 Å². The largest absolute Gasteiger partial charge is 0.350 e. The summed E-state index contributed by atoms with van der Waals surface area (Å²) < 4.78 is 5.43. The molecule has 2 heteroatoms. The van der Waals surface area contributed by atoms with Gasteiger partial charge in [-0.15, -0.1) is 0 Å². The fraction of sp³-hybridized carbons (Fsp3) is 0.900. The van der Waals surface area contributed by atoms with E-state index in [1.807, 2.05) is 0 Å². The van der Waals surface area contributed by atoms with Gasteiger partial charge in [-0.1, -0.05) is 13.8 Å². The second kappa shape index (κ2) is 2.23. The lowest BCUT2D eigenvalue weighted by Gasteiger charge is -2.32. The fourth-order valence-corrected chi connectivity index (χ4v) is 2.07. The van der Waals surface area contributed by atoms with Crippen LogP contribution in [0.15, 0.2) is 0 Å². The lowest BCUT2D eigenvalue weighted by molar-refractivity contribution is 0.148. The van der Waals surface area contributed by atoms with Gasteiger partial charge in [0, 0.05) is 0 Å². The third-order valence-electron chi connectivity index (χ3n) is 3.34. The Bertz CT molecular complexity index is 229. The van der Waals surface area contributed by atoms with Gasteiger partial charge in [-0.25, -0.2) is 0 Å². The van der Waals surface area contributed by atoms with Crippen LogP contribution in [0.3, 0.4) is 0 Å². The van der Waals surface area contributed by atoms with Crippen molar-refractivity contribution in [2.45, 2.75) is 51.2 Å². The van der Waals surface area contributed by atoms with Crippen LogP contribution >= 0.6 is 0 Å². The van der Waals surface area contributed by atoms with Gasteiger partial charge in [-0.2, -0.15) is 5.26 Å². The quantitative estimate of drug-likeness (QED) is 0.516. The highest BCUT2D eigenvalue weighted by molar-refractivity contribution is 5.15. The summed E-state index contributed by atoms with van der Waals surface area (Å²) in [4.78, 5) is 0. The summed E-state index contributed by atoms with van der Waals surface area (Å²) in [6.07, 6.45) is 4.47. The van der Waals surface area contributed by atoms with Gasteiger partial charge in [0.15, 0.2) is 6.10 Å². The van der Waals surface area contributed by atoms with Gasteiger partial charge in [0.2, 0.25) is 0 Å². The molecule has 12 heavy (non-hydrogen) atoms. The molecule has 66 valence electrons. The second-order valence-electron chi connectivity index (χ2n) is 4.86. The summed E-state index contributed by atoms with van der Waals surface area (Å²) in [5.41, 5.74) is 0.460. The molecular weight excluding hydrogens is 150 g/mol. The van der Waals surface area contributed by atoms with E-state index in [1.165, 1.54) is 12.8 Å². The summed E-state index contributed by atoms with van der Waals surface area (Å²) in [5.74, 6) is 0. The zero-order valence-electron chi connectivity index (χ0n) is 7.76. The number of hydrogen-bond acceptors (Lipinski definition) is 2. The maximum atomic E-state index is 8.68. The molecule has 0 aromatic heterocycles. The summed E-state index contributed by atoms with van der Waals surface area (Å²) in [6, 6.07) is 2.20. The van der Waals surface area contributed by atoms with Crippen LogP contribution in [0.25, 0.3) is 0 Å². The zero-order chi connectivity index (χ0) is 8.82. The summed E-state index contributed by atoms with van der Waals surface area (Å²) >= 11 is 0. The molecule has 2 nitrogen and oxygen atoms in total. The van der Waals surface area contributed by atoms with Crippen molar-refractivity contribution in [2.24, 2.45) is 5.41 Å². The van der Waals surface area contributed by atoms with Crippen LogP contribution in [0.4, 0.5) is 0 Å². The third-order valence-corrected chi connectivity index (χ3v) is 3.34. The van der Waals surface area contributed by atoms with Gasteiger partial charge in [-0.3, -0.25) is 0 Å². The Morgan fingerprint density at radius 3 is 2.25 bits per heavy atom. The van der Waals surface area contributed by atoms with E-state index >= 15 is 0 Å². The van der Waals surface area contributed by atoms with Gasteiger partial charge in [-0.05, 0) is 31.1 Å². The Morgan fingerprint density at radius 1 is 1.25 bits per heavy atom. The lowest BCUT2D eigenvalue weighted by Crippen LogP contribution is -2.28. The van der Waals surface area contributed by atoms with Gasteiger partial charge in [0.25, 0.3) is 0 Å². The minimum absolute atomic E-state index is 0.00965. The Hall–Kier alpha value is -0.550. The van der Waals surface area contributed by atoms with Crippen LogP contribution < -0.4 is 0 Å². The highest BCUT2D eigenvalue weighted by Gasteiger charge is 2.58. The van der Waals surface area contributed by atoms with Gasteiger partial charge in [0.05, 0.1) is 6.07 Å². The Labute approximate surface area is 73.5 Å². The first-order valence-electron chi connectivity index (χ1n) is 4.65. The molecule has 2 fully saturated rings. The van der Waals surface area contributed by atoms with E-state index in [0.717, 1.165) is 12.8 Å². The molecule has 1 atom stereocenters. The van der Waals surface area contributed by atoms with E-state index in [2.05, 4.69) is 19.9 Å². The SMILES string of the molecule is CC1(C)CCC2(CC1)OC2C#N. The predicted octanol–water partition coefficient (Wildman–Crippen LogP) is 2.25. The molecule has 0 aromatic carbocycles. The predicted molar refractivity (Wildman–Crippen MR) is 45.5 cm³/mol. The molecular formula is C10H15NO. The van der Waals surface area contributed by atoms with Crippen molar-refractivity contribution in [3.05, 3.63) is 0 Å². The molecule has 1 saturated carbocycles. The van der Waals surface area contributed by atoms with Crippen LogP contribution in [-0.2, 0) is 4.74 Å². The molecule has 2 rings (SSSR count). The maximum absolute atomic E-state index is 8.68. The van der Waals surface area contributed by atoms with E-state index in [0.29, 0.717) is 5.41 Å². The fourth-order valence-electron chi connectivity index (χ4n) is 2.07. The molecule has 0 amide bonds. The highest BCUT2D eigenvalue weighted by Crippen LogP contribution is 2.52. The molecule has 1 unspecified atom stereocenters. The third kappa shape index (κ3) is 1.13. The smallest absolute Gasteiger partial charge is 0.173 e. The standard InChI is InChI=1S/C10H15NO/c1-9(2)3-5-10(6-4-9)8(7-11)12-10/h8H,3-6H2,1-2H3. The first-order valence-corrected chi connectivity index (χ1v) is 4.65. The van der Waals surface area contributed by atoms with E-state index in [9.17, 15) is 0 Å². The summed E-state index contributed by atoms with van der Waals surface area (Å²) in [5, 5.41) is 8.68. The Balaban J connectivity index is 1.98. The molecule has 1 heterocycles. The first kappa shape index (κ1) is 8.07. The molecule has 0 aromatic rings. The van der Waals surface area contributed by atoms with Crippen molar-refractivity contribution >= 4 is 0 Å². The number of rotatable bonds is 0.